The molecule has 0 radical (unpaired) electrons. The van der Waals surface area contributed by atoms with Crippen molar-refractivity contribution in [2.75, 3.05) is 0 Å². The van der Waals surface area contributed by atoms with E-state index in [0.717, 1.165) is 22.4 Å². The lowest BCUT2D eigenvalue weighted by Crippen LogP contribution is -2.03. The summed E-state index contributed by atoms with van der Waals surface area (Å²) in [6.07, 6.45) is 3.14. The summed E-state index contributed by atoms with van der Waals surface area (Å²) >= 11 is 0. The largest absolute Gasteiger partial charge is 0.506 e. The minimum absolute atomic E-state index is 0.153. The molecule has 1 aromatic carbocycles. The van der Waals surface area contributed by atoms with Crippen molar-refractivity contribution in [3.05, 3.63) is 42.7 Å². The maximum atomic E-state index is 9.58. The summed E-state index contributed by atoms with van der Waals surface area (Å²) in [4.78, 5) is 8.69. The van der Waals surface area contributed by atoms with Gasteiger partial charge in [0.15, 0.2) is 0 Å². The molecule has 0 bridgehead atoms. The lowest BCUT2D eigenvalue weighted by Gasteiger charge is -2.12. The van der Waals surface area contributed by atoms with Gasteiger partial charge < -0.3 is 9.67 Å². The van der Waals surface area contributed by atoms with Gasteiger partial charge >= 0.3 is 0 Å². The van der Waals surface area contributed by atoms with Crippen molar-refractivity contribution in [2.24, 2.45) is 0 Å². The lowest BCUT2D eigenvalue weighted by atomic mass is 10.2. The van der Waals surface area contributed by atoms with E-state index in [1.54, 1.807) is 12.3 Å². The molecular formula is C15H15N3O. The van der Waals surface area contributed by atoms with Crippen molar-refractivity contribution < 1.29 is 5.11 Å². The van der Waals surface area contributed by atoms with Crippen LogP contribution >= 0.6 is 0 Å². The first-order valence-corrected chi connectivity index (χ1v) is 6.28. The van der Waals surface area contributed by atoms with E-state index in [-0.39, 0.29) is 11.8 Å². The zero-order valence-corrected chi connectivity index (χ0v) is 10.9. The predicted octanol–water partition coefficient (Wildman–Crippen LogP) is 3.38. The molecule has 0 amide bonds. The molecule has 19 heavy (non-hydrogen) atoms. The normalized spacial score (nSPS) is 11.3. The molecule has 0 unspecified atom stereocenters. The Hall–Kier alpha value is -2.36. The van der Waals surface area contributed by atoms with E-state index in [1.807, 2.05) is 18.2 Å². The van der Waals surface area contributed by atoms with Gasteiger partial charge in [-0.25, -0.2) is 4.98 Å². The Labute approximate surface area is 111 Å². The minimum atomic E-state index is 0.153. The van der Waals surface area contributed by atoms with E-state index in [9.17, 15) is 5.11 Å². The quantitative estimate of drug-likeness (QED) is 0.761. The van der Waals surface area contributed by atoms with Crippen LogP contribution in [0.3, 0.4) is 0 Å². The average molecular weight is 253 g/mol. The Balaban J connectivity index is 2.31. The second kappa shape index (κ2) is 4.39. The van der Waals surface area contributed by atoms with Gasteiger partial charge in [-0.15, -0.1) is 0 Å². The fraction of sp³-hybridized carbons (Fsp3) is 0.200. The van der Waals surface area contributed by atoms with Crippen LogP contribution in [0.1, 0.15) is 19.9 Å². The van der Waals surface area contributed by atoms with E-state index in [1.165, 1.54) is 6.20 Å². The van der Waals surface area contributed by atoms with Gasteiger partial charge in [0.25, 0.3) is 0 Å². The molecule has 0 spiro atoms. The second-order valence-electron chi connectivity index (χ2n) is 4.82. The van der Waals surface area contributed by atoms with Crippen LogP contribution in [0.25, 0.3) is 22.4 Å². The topological polar surface area (TPSA) is 50.9 Å². The maximum Gasteiger partial charge on any atom is 0.143 e. The number of rotatable bonds is 2. The van der Waals surface area contributed by atoms with Crippen molar-refractivity contribution >= 4 is 11.0 Å². The standard InChI is InChI=1S/C15H15N3O/c1-10(2)18-14-6-4-3-5-13(14)17-15(18)11-7-12(19)9-16-8-11/h3-10,19H,1-2H3. The molecule has 2 aromatic heterocycles. The summed E-state index contributed by atoms with van der Waals surface area (Å²) in [5, 5.41) is 9.58. The third kappa shape index (κ3) is 1.95. The second-order valence-corrected chi connectivity index (χ2v) is 4.82. The van der Waals surface area contributed by atoms with Crippen LogP contribution in [0.15, 0.2) is 42.7 Å². The molecule has 96 valence electrons. The summed E-state index contributed by atoms with van der Waals surface area (Å²) in [6.45, 7) is 4.24. The highest BCUT2D eigenvalue weighted by Crippen LogP contribution is 2.29. The van der Waals surface area contributed by atoms with E-state index >= 15 is 0 Å². The van der Waals surface area contributed by atoms with E-state index in [2.05, 4.69) is 34.4 Å². The Morgan fingerprint density at radius 1 is 1.16 bits per heavy atom. The number of imidazole rings is 1. The van der Waals surface area contributed by atoms with E-state index in [0.29, 0.717) is 0 Å². The summed E-state index contributed by atoms with van der Waals surface area (Å²) in [6, 6.07) is 10.0. The summed E-state index contributed by atoms with van der Waals surface area (Å²) < 4.78 is 2.16. The lowest BCUT2D eigenvalue weighted by molar-refractivity contribution is 0.473. The molecule has 0 saturated carbocycles. The van der Waals surface area contributed by atoms with Crippen molar-refractivity contribution in [1.82, 2.24) is 14.5 Å². The third-order valence-electron chi connectivity index (χ3n) is 3.09. The number of benzene rings is 1. The zero-order chi connectivity index (χ0) is 13.4. The Morgan fingerprint density at radius 2 is 1.95 bits per heavy atom. The average Bonchev–Trinajstić information content (AvgIpc) is 2.78. The molecule has 3 rings (SSSR count). The Morgan fingerprint density at radius 3 is 2.68 bits per heavy atom. The van der Waals surface area contributed by atoms with Crippen molar-refractivity contribution in [3.63, 3.8) is 0 Å². The summed E-state index contributed by atoms with van der Waals surface area (Å²) in [5.74, 6) is 0.986. The van der Waals surface area contributed by atoms with Crippen molar-refractivity contribution in [2.45, 2.75) is 19.9 Å². The van der Waals surface area contributed by atoms with Crippen LogP contribution in [0, 0.1) is 0 Å². The van der Waals surface area contributed by atoms with Crippen LogP contribution in [-0.4, -0.2) is 19.6 Å². The molecule has 0 fully saturated rings. The molecule has 2 heterocycles. The van der Waals surface area contributed by atoms with Crippen LogP contribution in [0.4, 0.5) is 0 Å². The number of hydrogen-bond donors (Lipinski definition) is 1. The third-order valence-corrected chi connectivity index (χ3v) is 3.09. The smallest absolute Gasteiger partial charge is 0.143 e. The molecule has 0 saturated heterocycles. The molecule has 0 atom stereocenters. The molecule has 0 aliphatic heterocycles. The van der Waals surface area contributed by atoms with Gasteiger partial charge in [-0.1, -0.05) is 12.1 Å². The fourth-order valence-electron chi connectivity index (χ4n) is 2.32. The highest BCUT2D eigenvalue weighted by molar-refractivity contribution is 5.80. The SMILES string of the molecule is CC(C)n1c(-c2cncc(O)c2)nc2ccccc21. The number of nitrogens with zero attached hydrogens (tertiary/aromatic N) is 3. The number of pyridine rings is 1. The molecule has 3 aromatic rings. The zero-order valence-electron chi connectivity index (χ0n) is 10.9. The van der Waals surface area contributed by atoms with Crippen LogP contribution in [0.5, 0.6) is 5.75 Å². The van der Waals surface area contributed by atoms with Gasteiger partial charge in [0.05, 0.1) is 17.2 Å². The molecule has 4 heteroatoms. The first kappa shape index (κ1) is 11.7. The number of aromatic nitrogens is 3. The van der Waals surface area contributed by atoms with E-state index < -0.39 is 0 Å². The summed E-state index contributed by atoms with van der Waals surface area (Å²) in [7, 11) is 0. The van der Waals surface area contributed by atoms with Crippen LogP contribution in [-0.2, 0) is 0 Å². The van der Waals surface area contributed by atoms with Gasteiger partial charge in [-0.3, -0.25) is 4.98 Å². The molecule has 0 aliphatic carbocycles. The Bertz CT molecular complexity index is 731. The first-order valence-electron chi connectivity index (χ1n) is 6.28. The number of fused-ring (bicyclic) bond motifs is 1. The minimum Gasteiger partial charge on any atom is -0.506 e. The van der Waals surface area contributed by atoms with Crippen LogP contribution in [0.2, 0.25) is 0 Å². The van der Waals surface area contributed by atoms with Gasteiger partial charge in [0.2, 0.25) is 0 Å². The molecule has 4 nitrogen and oxygen atoms in total. The number of para-hydroxylation sites is 2. The number of hydrogen-bond acceptors (Lipinski definition) is 3. The fourth-order valence-corrected chi connectivity index (χ4v) is 2.32. The van der Waals surface area contributed by atoms with Crippen molar-refractivity contribution in [3.8, 4) is 17.1 Å². The van der Waals surface area contributed by atoms with Crippen LogP contribution < -0.4 is 0 Å². The van der Waals surface area contributed by atoms with Crippen molar-refractivity contribution in [1.29, 1.82) is 0 Å². The first-order chi connectivity index (χ1) is 9.16. The highest BCUT2D eigenvalue weighted by Gasteiger charge is 2.14. The number of aromatic hydroxyl groups is 1. The highest BCUT2D eigenvalue weighted by atomic mass is 16.3. The van der Waals surface area contributed by atoms with Gasteiger partial charge in [0, 0.05) is 17.8 Å². The van der Waals surface area contributed by atoms with Gasteiger partial charge in [0.1, 0.15) is 11.6 Å². The predicted molar refractivity (Wildman–Crippen MR) is 75.0 cm³/mol. The molecule has 1 N–H and O–H groups in total. The monoisotopic (exact) mass is 253 g/mol. The maximum absolute atomic E-state index is 9.58. The molecular weight excluding hydrogens is 238 g/mol. The van der Waals surface area contributed by atoms with E-state index in [4.69, 9.17) is 0 Å². The van der Waals surface area contributed by atoms with Gasteiger partial charge in [-0.05, 0) is 32.0 Å². The molecule has 0 aliphatic rings. The Kier molecular flexibility index (Phi) is 2.71. The van der Waals surface area contributed by atoms with Gasteiger partial charge in [-0.2, -0.15) is 0 Å². The summed E-state index contributed by atoms with van der Waals surface area (Å²) in [5.41, 5.74) is 2.87.